The van der Waals surface area contributed by atoms with E-state index in [1.54, 1.807) is 0 Å². The second-order valence-electron chi connectivity index (χ2n) is 1.46. The molecule has 0 aliphatic carbocycles. The smallest absolute Gasteiger partial charge is 0.243 e. The maximum Gasteiger partial charge on any atom is 0.243 e. The van der Waals surface area contributed by atoms with Crippen molar-refractivity contribution in [2.45, 2.75) is 19.3 Å². The lowest BCUT2D eigenvalue weighted by atomic mass is 10.3. The van der Waals surface area contributed by atoms with Gasteiger partial charge in [0.1, 0.15) is 0 Å². The number of alkyl halides is 2. The van der Waals surface area contributed by atoms with Crippen LogP contribution in [0.5, 0.6) is 0 Å². The number of carbonyl (C=O) groups is 1. The topological polar surface area (TPSA) is 49.3 Å². The molecule has 1 amide bonds. The van der Waals surface area contributed by atoms with Gasteiger partial charge in [-0.1, -0.05) is 0 Å². The van der Waals surface area contributed by atoms with Gasteiger partial charge in [0.15, 0.2) is 0 Å². The summed E-state index contributed by atoms with van der Waals surface area (Å²) in [5.41, 5.74) is 1.25. The Labute approximate surface area is 50.6 Å². The van der Waals surface area contributed by atoms with E-state index in [-0.39, 0.29) is 6.42 Å². The number of nitrogens with one attached hydrogen (secondary N) is 1. The highest BCUT2D eigenvalue weighted by Gasteiger charge is 2.05. The van der Waals surface area contributed by atoms with Gasteiger partial charge in [0.25, 0.3) is 0 Å². The molecule has 0 rings (SSSR count). The highest BCUT2D eigenvalue weighted by atomic mass is 19.3. The van der Waals surface area contributed by atoms with Crippen LogP contribution in [0.25, 0.3) is 0 Å². The van der Waals surface area contributed by atoms with Crippen molar-refractivity contribution in [3.63, 3.8) is 0 Å². The Morgan fingerprint density at radius 3 is 2.56 bits per heavy atom. The van der Waals surface area contributed by atoms with Crippen molar-refractivity contribution in [1.29, 1.82) is 0 Å². The fourth-order valence-electron chi connectivity index (χ4n) is 0.296. The van der Waals surface area contributed by atoms with Gasteiger partial charge in [-0.15, -0.1) is 0 Å². The number of hydrogen-bond acceptors (Lipinski definition) is 2. The predicted molar refractivity (Wildman–Crippen MR) is 25.2 cm³/mol. The van der Waals surface area contributed by atoms with Crippen LogP contribution in [0.15, 0.2) is 0 Å². The summed E-state index contributed by atoms with van der Waals surface area (Å²) < 4.78 is 22.5. The largest absolute Gasteiger partial charge is 0.289 e. The van der Waals surface area contributed by atoms with Crippen LogP contribution in [0, 0.1) is 0 Å². The minimum Gasteiger partial charge on any atom is -0.289 e. The second kappa shape index (κ2) is 4.20. The van der Waals surface area contributed by atoms with Crippen molar-refractivity contribution in [3.05, 3.63) is 0 Å². The summed E-state index contributed by atoms with van der Waals surface area (Å²) in [5.74, 6) is -0.782. The molecular weight excluding hydrogens is 132 g/mol. The maximum atomic E-state index is 11.3. The standard InChI is InChI=1S/C4H7F2NO2/c5-3(6)1-2-4(8)7-9/h3,9H,1-2H2,(H,7,8). The molecule has 0 aliphatic rings. The number of amides is 1. The van der Waals surface area contributed by atoms with Gasteiger partial charge in [-0.2, -0.15) is 0 Å². The van der Waals surface area contributed by atoms with Crippen molar-refractivity contribution in [3.8, 4) is 0 Å². The molecule has 0 atom stereocenters. The van der Waals surface area contributed by atoms with E-state index in [1.807, 2.05) is 0 Å². The van der Waals surface area contributed by atoms with Gasteiger partial charge in [-0.3, -0.25) is 10.0 Å². The molecule has 0 heterocycles. The lowest BCUT2D eigenvalue weighted by molar-refractivity contribution is -0.129. The molecule has 0 aromatic rings. The van der Waals surface area contributed by atoms with Crippen molar-refractivity contribution in [2.75, 3.05) is 0 Å². The molecule has 0 fully saturated rings. The van der Waals surface area contributed by atoms with E-state index in [9.17, 15) is 13.6 Å². The molecule has 0 aromatic carbocycles. The van der Waals surface area contributed by atoms with E-state index in [0.717, 1.165) is 0 Å². The molecule has 3 nitrogen and oxygen atoms in total. The molecule has 54 valence electrons. The Bertz CT molecular complexity index is 96.6. The quantitative estimate of drug-likeness (QED) is 0.442. The number of hydroxylamine groups is 1. The monoisotopic (exact) mass is 139 g/mol. The summed E-state index contributed by atoms with van der Waals surface area (Å²) in [5, 5.41) is 7.80. The third kappa shape index (κ3) is 5.16. The molecule has 5 heteroatoms. The lowest BCUT2D eigenvalue weighted by Crippen LogP contribution is -2.18. The fourth-order valence-corrected chi connectivity index (χ4v) is 0.296. The van der Waals surface area contributed by atoms with E-state index in [0.29, 0.717) is 0 Å². The molecule has 9 heavy (non-hydrogen) atoms. The van der Waals surface area contributed by atoms with Crippen LogP contribution in [0.2, 0.25) is 0 Å². The number of halogens is 2. The summed E-state index contributed by atoms with van der Waals surface area (Å²) in [6.07, 6.45) is -3.33. The molecule has 0 aromatic heterocycles. The molecule has 0 bridgehead atoms. The van der Waals surface area contributed by atoms with Gasteiger partial charge in [-0.05, 0) is 0 Å². The van der Waals surface area contributed by atoms with Crippen LogP contribution < -0.4 is 5.48 Å². The Morgan fingerprint density at radius 2 is 2.22 bits per heavy atom. The number of rotatable bonds is 3. The Morgan fingerprint density at radius 1 is 1.67 bits per heavy atom. The van der Waals surface area contributed by atoms with E-state index in [2.05, 4.69) is 0 Å². The third-order valence-corrected chi connectivity index (χ3v) is 0.714. The normalized spacial score (nSPS) is 9.78. The summed E-state index contributed by atoms with van der Waals surface area (Å²) in [6.45, 7) is 0. The van der Waals surface area contributed by atoms with Gasteiger partial charge >= 0.3 is 0 Å². The first-order valence-corrected chi connectivity index (χ1v) is 2.38. The van der Waals surface area contributed by atoms with Crippen LogP contribution in [0.3, 0.4) is 0 Å². The van der Waals surface area contributed by atoms with Crippen LogP contribution in [-0.2, 0) is 4.79 Å². The SMILES string of the molecule is O=C(CCC(F)F)NO. The highest BCUT2D eigenvalue weighted by Crippen LogP contribution is 2.01. The molecule has 0 spiro atoms. The lowest BCUT2D eigenvalue weighted by Gasteiger charge is -1.95. The van der Waals surface area contributed by atoms with E-state index >= 15 is 0 Å². The predicted octanol–water partition coefficient (Wildman–Crippen LogP) is 0.537. The average molecular weight is 139 g/mol. The zero-order valence-corrected chi connectivity index (χ0v) is 4.60. The van der Waals surface area contributed by atoms with Crippen LogP contribution in [-0.4, -0.2) is 17.5 Å². The Balaban J connectivity index is 3.17. The van der Waals surface area contributed by atoms with Crippen LogP contribution >= 0.6 is 0 Å². The first-order valence-electron chi connectivity index (χ1n) is 2.38. The van der Waals surface area contributed by atoms with Crippen LogP contribution in [0.4, 0.5) is 8.78 Å². The van der Waals surface area contributed by atoms with E-state index < -0.39 is 18.8 Å². The third-order valence-electron chi connectivity index (χ3n) is 0.714. The summed E-state index contributed by atoms with van der Waals surface area (Å²) in [6, 6.07) is 0. The number of hydrogen-bond donors (Lipinski definition) is 2. The highest BCUT2D eigenvalue weighted by molar-refractivity contribution is 5.74. The first kappa shape index (κ1) is 8.29. The molecule has 0 aliphatic heterocycles. The van der Waals surface area contributed by atoms with E-state index in [4.69, 9.17) is 5.21 Å². The van der Waals surface area contributed by atoms with Gasteiger partial charge in [-0.25, -0.2) is 14.3 Å². The zero-order chi connectivity index (χ0) is 7.28. The minimum absolute atomic E-state index is 0.339. The summed E-state index contributed by atoms with van der Waals surface area (Å²) >= 11 is 0. The van der Waals surface area contributed by atoms with Gasteiger partial charge in [0.05, 0.1) is 0 Å². The van der Waals surface area contributed by atoms with Crippen LogP contribution in [0.1, 0.15) is 12.8 Å². The Kier molecular flexibility index (Phi) is 3.87. The van der Waals surface area contributed by atoms with Gasteiger partial charge in [0.2, 0.25) is 12.3 Å². The maximum absolute atomic E-state index is 11.3. The van der Waals surface area contributed by atoms with Crippen molar-refractivity contribution in [2.24, 2.45) is 0 Å². The molecule has 0 saturated heterocycles. The molecule has 0 radical (unpaired) electrons. The summed E-state index contributed by atoms with van der Waals surface area (Å²) in [7, 11) is 0. The zero-order valence-electron chi connectivity index (χ0n) is 4.60. The summed E-state index contributed by atoms with van der Waals surface area (Å²) in [4.78, 5) is 10.0. The first-order chi connectivity index (χ1) is 4.16. The second-order valence-corrected chi connectivity index (χ2v) is 1.46. The average Bonchev–Trinajstić information content (AvgIpc) is 1.83. The molecule has 0 saturated carbocycles. The van der Waals surface area contributed by atoms with E-state index in [1.165, 1.54) is 5.48 Å². The van der Waals surface area contributed by atoms with Crippen molar-refractivity contribution < 1.29 is 18.8 Å². The van der Waals surface area contributed by atoms with Crippen molar-refractivity contribution >= 4 is 5.91 Å². The van der Waals surface area contributed by atoms with Gasteiger partial charge < -0.3 is 0 Å². The number of carbonyl (C=O) groups excluding carboxylic acids is 1. The molecular formula is C4H7F2NO2. The molecule has 0 unspecified atom stereocenters. The van der Waals surface area contributed by atoms with Crippen molar-refractivity contribution in [1.82, 2.24) is 5.48 Å². The molecule has 2 N–H and O–H groups in total. The minimum atomic E-state index is -2.48. The Hall–Kier alpha value is -0.710. The van der Waals surface area contributed by atoms with Gasteiger partial charge in [0, 0.05) is 12.8 Å². The fraction of sp³-hybridized carbons (Fsp3) is 0.750.